The number of aryl methyl sites for hydroxylation is 1. The summed E-state index contributed by atoms with van der Waals surface area (Å²) in [5.74, 6) is -0.228. The van der Waals surface area contributed by atoms with Crippen LogP contribution in [0, 0.1) is 0 Å². The van der Waals surface area contributed by atoms with Gasteiger partial charge < -0.3 is 14.6 Å². The first-order chi connectivity index (χ1) is 14.7. The van der Waals surface area contributed by atoms with E-state index < -0.39 is 6.23 Å². The Morgan fingerprint density at radius 1 is 1.13 bits per heavy atom. The minimum Gasteiger partial charge on any atom is -0.352 e. The van der Waals surface area contributed by atoms with Gasteiger partial charge in [-0.05, 0) is 37.1 Å². The maximum atomic E-state index is 12.6. The predicted molar refractivity (Wildman–Crippen MR) is 113 cm³/mol. The quantitative estimate of drug-likeness (QED) is 0.585. The molecule has 1 aliphatic rings. The van der Waals surface area contributed by atoms with Crippen LogP contribution in [0.2, 0.25) is 0 Å². The predicted octanol–water partition coefficient (Wildman–Crippen LogP) is 3.16. The van der Waals surface area contributed by atoms with Crippen LogP contribution in [0.1, 0.15) is 35.0 Å². The summed E-state index contributed by atoms with van der Waals surface area (Å²) in [6.07, 6.45) is 6.78. The number of rotatable bonds is 8. The molecule has 0 bridgehead atoms. The van der Waals surface area contributed by atoms with Crippen LogP contribution in [0.3, 0.4) is 0 Å². The largest absolute Gasteiger partial charge is 0.352 e. The zero-order valence-corrected chi connectivity index (χ0v) is 16.6. The highest BCUT2D eigenvalue weighted by atomic mass is 16.5. The Morgan fingerprint density at radius 3 is 2.80 bits per heavy atom. The van der Waals surface area contributed by atoms with Gasteiger partial charge in [-0.15, -0.1) is 0 Å². The molecule has 1 saturated heterocycles. The molecule has 0 radical (unpaired) electrons. The number of hydrogen-bond acceptors (Lipinski definition) is 4. The number of nitrogens with zero attached hydrogens (tertiary/aromatic N) is 3. The van der Waals surface area contributed by atoms with Gasteiger partial charge in [-0.1, -0.05) is 30.3 Å². The van der Waals surface area contributed by atoms with Crippen LogP contribution in [0.4, 0.5) is 5.69 Å². The van der Waals surface area contributed by atoms with E-state index in [1.165, 1.54) is 0 Å². The van der Waals surface area contributed by atoms with Crippen molar-refractivity contribution in [2.24, 2.45) is 0 Å². The molecule has 2 aromatic carbocycles. The minimum absolute atomic E-state index is 0.0207. The van der Waals surface area contributed by atoms with Crippen LogP contribution in [-0.4, -0.2) is 34.5 Å². The summed E-state index contributed by atoms with van der Waals surface area (Å²) in [6.45, 7) is 1.51. The third-order valence-electron chi connectivity index (χ3n) is 5.02. The van der Waals surface area contributed by atoms with Crippen LogP contribution in [0.25, 0.3) is 0 Å². The molecule has 1 aliphatic heterocycles. The van der Waals surface area contributed by atoms with Crippen molar-refractivity contribution in [3.63, 3.8) is 0 Å². The van der Waals surface area contributed by atoms with E-state index in [2.05, 4.69) is 10.3 Å². The number of imidazole rings is 1. The van der Waals surface area contributed by atoms with E-state index in [9.17, 15) is 9.59 Å². The van der Waals surface area contributed by atoms with E-state index in [1.54, 1.807) is 29.6 Å². The van der Waals surface area contributed by atoms with Gasteiger partial charge in [-0.3, -0.25) is 14.5 Å². The lowest BCUT2D eigenvalue weighted by atomic mass is 10.1. The number of benzene rings is 2. The van der Waals surface area contributed by atoms with Gasteiger partial charge >= 0.3 is 0 Å². The number of anilines is 1. The smallest absolute Gasteiger partial charge is 0.255 e. The number of ether oxygens (including phenoxy) is 1. The Morgan fingerprint density at radius 2 is 2.00 bits per heavy atom. The maximum Gasteiger partial charge on any atom is 0.255 e. The van der Waals surface area contributed by atoms with Crippen LogP contribution < -0.4 is 10.2 Å². The molecule has 1 N–H and O–H groups in total. The first-order valence-corrected chi connectivity index (χ1v) is 10.0. The summed E-state index contributed by atoms with van der Waals surface area (Å²) in [7, 11) is 0. The van der Waals surface area contributed by atoms with E-state index in [0.717, 1.165) is 30.6 Å². The second-order valence-corrected chi connectivity index (χ2v) is 7.15. The van der Waals surface area contributed by atoms with E-state index in [1.807, 2.05) is 53.2 Å². The van der Waals surface area contributed by atoms with Gasteiger partial charge in [0, 0.05) is 42.3 Å². The Kier molecular flexibility index (Phi) is 6.20. The van der Waals surface area contributed by atoms with Crippen LogP contribution >= 0.6 is 0 Å². The van der Waals surface area contributed by atoms with E-state index in [0.29, 0.717) is 12.1 Å². The van der Waals surface area contributed by atoms with Crippen molar-refractivity contribution in [1.29, 1.82) is 0 Å². The fraction of sp³-hybridized carbons (Fsp3) is 0.261. The molecule has 30 heavy (non-hydrogen) atoms. The topological polar surface area (TPSA) is 76.5 Å². The molecule has 3 aromatic rings. The van der Waals surface area contributed by atoms with Gasteiger partial charge in [-0.25, -0.2) is 4.98 Å². The number of nitrogens with one attached hydrogen (secondary N) is 1. The second kappa shape index (κ2) is 9.37. The number of carbonyl (C=O) groups is 2. The average Bonchev–Trinajstić information content (AvgIpc) is 3.44. The first kappa shape index (κ1) is 19.8. The summed E-state index contributed by atoms with van der Waals surface area (Å²) in [5, 5.41) is 2.96. The lowest BCUT2D eigenvalue weighted by Gasteiger charge is -2.23. The Bertz CT molecular complexity index is 989. The molecule has 0 spiro atoms. The number of hydrogen-bond donors (Lipinski definition) is 1. The van der Waals surface area contributed by atoms with Gasteiger partial charge in [0.15, 0.2) is 6.23 Å². The van der Waals surface area contributed by atoms with Gasteiger partial charge in [0.2, 0.25) is 0 Å². The van der Waals surface area contributed by atoms with Gasteiger partial charge in [0.05, 0.1) is 6.33 Å². The summed E-state index contributed by atoms with van der Waals surface area (Å²) >= 11 is 0. The van der Waals surface area contributed by atoms with Crippen LogP contribution in [0.15, 0.2) is 73.3 Å². The van der Waals surface area contributed by atoms with Crippen molar-refractivity contribution in [3.8, 4) is 0 Å². The van der Waals surface area contributed by atoms with Crippen molar-refractivity contribution in [2.45, 2.75) is 25.6 Å². The van der Waals surface area contributed by atoms with Crippen molar-refractivity contribution < 1.29 is 14.3 Å². The highest BCUT2D eigenvalue weighted by Crippen LogP contribution is 2.33. The third kappa shape index (κ3) is 4.58. The highest BCUT2D eigenvalue weighted by molar-refractivity contribution is 5.97. The fourth-order valence-electron chi connectivity index (χ4n) is 3.51. The standard InChI is InChI=1S/C23H24N4O3/c28-21-16-30-23(27(21)20-9-2-1-3-10-20)19-8-6-7-18(15-19)22(29)25-11-4-5-13-26-14-12-24-17-26/h1-3,6-10,12,14-15,17,23H,4-5,11,13,16H2,(H,25,29). The van der Waals surface area contributed by atoms with Crippen molar-refractivity contribution in [1.82, 2.24) is 14.9 Å². The van der Waals surface area contributed by atoms with E-state index >= 15 is 0 Å². The number of aromatic nitrogens is 2. The van der Waals surface area contributed by atoms with E-state index in [-0.39, 0.29) is 18.4 Å². The van der Waals surface area contributed by atoms with Crippen LogP contribution in [0.5, 0.6) is 0 Å². The summed E-state index contributed by atoms with van der Waals surface area (Å²) in [4.78, 5) is 30.6. The second-order valence-electron chi connectivity index (χ2n) is 7.15. The highest BCUT2D eigenvalue weighted by Gasteiger charge is 2.34. The molecule has 1 fully saturated rings. The molecular formula is C23H24N4O3. The minimum atomic E-state index is -0.539. The van der Waals surface area contributed by atoms with Crippen molar-refractivity contribution in [3.05, 3.63) is 84.4 Å². The summed E-state index contributed by atoms with van der Waals surface area (Å²) in [5.41, 5.74) is 2.10. The molecule has 1 atom stereocenters. The molecule has 0 saturated carbocycles. The number of unbranched alkanes of at least 4 members (excludes halogenated alkanes) is 1. The molecule has 7 heteroatoms. The molecule has 4 rings (SSSR count). The van der Waals surface area contributed by atoms with Crippen molar-refractivity contribution in [2.75, 3.05) is 18.1 Å². The third-order valence-corrected chi connectivity index (χ3v) is 5.02. The Labute approximate surface area is 175 Å². The monoisotopic (exact) mass is 404 g/mol. The Hall–Kier alpha value is -3.45. The molecule has 2 heterocycles. The first-order valence-electron chi connectivity index (χ1n) is 10.0. The fourth-order valence-corrected chi connectivity index (χ4v) is 3.51. The zero-order chi connectivity index (χ0) is 20.8. The maximum absolute atomic E-state index is 12.6. The number of carbonyl (C=O) groups excluding carboxylic acids is 2. The number of para-hydroxylation sites is 1. The summed E-state index contributed by atoms with van der Waals surface area (Å²) < 4.78 is 7.76. The molecule has 2 amide bonds. The molecule has 7 nitrogen and oxygen atoms in total. The molecular weight excluding hydrogens is 380 g/mol. The molecule has 154 valence electrons. The lowest BCUT2D eigenvalue weighted by Crippen LogP contribution is -2.29. The lowest BCUT2D eigenvalue weighted by molar-refractivity contribution is -0.117. The van der Waals surface area contributed by atoms with Crippen LogP contribution in [-0.2, 0) is 16.1 Å². The van der Waals surface area contributed by atoms with E-state index in [4.69, 9.17) is 4.74 Å². The van der Waals surface area contributed by atoms with Crippen molar-refractivity contribution >= 4 is 17.5 Å². The molecule has 1 unspecified atom stereocenters. The zero-order valence-electron chi connectivity index (χ0n) is 16.6. The molecule has 0 aliphatic carbocycles. The summed E-state index contributed by atoms with van der Waals surface area (Å²) in [6, 6.07) is 16.7. The van der Waals surface area contributed by atoms with Gasteiger partial charge in [0.25, 0.3) is 11.8 Å². The number of amides is 2. The average molecular weight is 404 g/mol. The SMILES string of the molecule is O=C(NCCCCn1ccnc1)c1cccc(C2OCC(=O)N2c2ccccc2)c1. The van der Waals surface area contributed by atoms with Gasteiger partial charge in [-0.2, -0.15) is 0 Å². The Balaban J connectivity index is 1.37. The molecule has 1 aromatic heterocycles. The normalized spacial score (nSPS) is 16.1. The van der Waals surface area contributed by atoms with Gasteiger partial charge in [0.1, 0.15) is 6.61 Å².